The molecule has 0 aliphatic carbocycles. The third-order valence-corrected chi connectivity index (χ3v) is 3.98. The zero-order valence-electron chi connectivity index (χ0n) is 14.6. The smallest absolute Gasteiger partial charge is 0.355 e. The molecule has 144 valence electrons. The van der Waals surface area contributed by atoms with Gasteiger partial charge in [0.05, 0.1) is 16.8 Å². The Kier molecular flexibility index (Phi) is 5.63. The average molecular weight is 388 g/mol. The fourth-order valence-corrected chi connectivity index (χ4v) is 2.65. The van der Waals surface area contributed by atoms with Gasteiger partial charge in [0.1, 0.15) is 6.67 Å². The molecule has 0 aliphatic heterocycles. The van der Waals surface area contributed by atoms with Gasteiger partial charge in [-0.1, -0.05) is 30.3 Å². The first-order valence-electron chi connectivity index (χ1n) is 8.36. The molecule has 28 heavy (non-hydrogen) atoms. The summed E-state index contributed by atoms with van der Waals surface area (Å²) in [7, 11) is 0. The maximum atomic E-state index is 12.8. The molecule has 3 rings (SSSR count). The minimum absolute atomic E-state index is 0.0362. The largest absolute Gasteiger partial charge is 0.416 e. The number of nitrogens with one attached hydrogen (secondary N) is 2. The first kappa shape index (κ1) is 19.4. The summed E-state index contributed by atoms with van der Waals surface area (Å²) >= 11 is 0. The number of para-hydroxylation sites is 1. The van der Waals surface area contributed by atoms with Crippen molar-refractivity contribution < 1.29 is 22.4 Å². The van der Waals surface area contributed by atoms with Crippen molar-refractivity contribution >= 4 is 23.0 Å². The van der Waals surface area contributed by atoms with E-state index in [1.54, 1.807) is 48.5 Å². The van der Waals surface area contributed by atoms with E-state index in [1.165, 1.54) is 12.1 Å². The van der Waals surface area contributed by atoms with Gasteiger partial charge in [-0.05, 0) is 48.0 Å². The molecule has 0 heterocycles. The van der Waals surface area contributed by atoms with Crippen molar-refractivity contribution in [3.8, 4) is 0 Å². The van der Waals surface area contributed by atoms with Gasteiger partial charge in [0, 0.05) is 11.4 Å². The van der Waals surface area contributed by atoms with Crippen LogP contribution in [0.1, 0.15) is 21.5 Å². The summed E-state index contributed by atoms with van der Waals surface area (Å²) in [4.78, 5) is 12.6. The summed E-state index contributed by atoms with van der Waals surface area (Å²) < 4.78 is 51.4. The number of anilines is 3. The molecule has 0 radical (unpaired) electrons. The van der Waals surface area contributed by atoms with Crippen LogP contribution in [0.3, 0.4) is 0 Å². The topological polar surface area (TPSA) is 41.1 Å². The van der Waals surface area contributed by atoms with Gasteiger partial charge in [-0.15, -0.1) is 0 Å². The van der Waals surface area contributed by atoms with Crippen LogP contribution in [0.2, 0.25) is 0 Å². The van der Waals surface area contributed by atoms with E-state index in [4.69, 9.17) is 0 Å². The van der Waals surface area contributed by atoms with Crippen LogP contribution in [-0.4, -0.2) is 5.91 Å². The zero-order chi connectivity index (χ0) is 20.1. The standard InChI is InChI=1S/C21H16F4N2O/c22-13-14-5-3-7-16(11-14)26-19-10-2-1-9-18(19)20(28)27-17-8-4-6-15(12-17)21(23,24)25/h1-12,26H,13H2,(H,27,28). The second kappa shape index (κ2) is 8.12. The molecule has 0 spiro atoms. The van der Waals surface area contributed by atoms with E-state index in [2.05, 4.69) is 10.6 Å². The lowest BCUT2D eigenvalue weighted by Crippen LogP contribution is -2.14. The van der Waals surface area contributed by atoms with Gasteiger partial charge in [0.2, 0.25) is 0 Å². The Labute approximate surface area is 159 Å². The van der Waals surface area contributed by atoms with Crippen LogP contribution >= 0.6 is 0 Å². The van der Waals surface area contributed by atoms with E-state index >= 15 is 0 Å². The van der Waals surface area contributed by atoms with Gasteiger partial charge in [0.15, 0.2) is 0 Å². The molecule has 3 aromatic rings. The molecular weight excluding hydrogens is 372 g/mol. The van der Waals surface area contributed by atoms with Crippen molar-refractivity contribution in [2.24, 2.45) is 0 Å². The van der Waals surface area contributed by atoms with E-state index in [1.807, 2.05) is 0 Å². The molecule has 0 fully saturated rings. The number of alkyl halides is 4. The number of carbonyl (C=O) groups is 1. The Morgan fingerprint density at radius 2 is 1.57 bits per heavy atom. The van der Waals surface area contributed by atoms with Crippen molar-refractivity contribution in [3.05, 3.63) is 89.5 Å². The Hall–Kier alpha value is -3.35. The highest BCUT2D eigenvalue weighted by Crippen LogP contribution is 2.31. The number of halogens is 4. The Bertz CT molecular complexity index is 986. The van der Waals surface area contributed by atoms with Crippen LogP contribution in [-0.2, 0) is 12.9 Å². The summed E-state index contributed by atoms with van der Waals surface area (Å²) in [5.74, 6) is -0.566. The molecule has 0 unspecified atom stereocenters. The van der Waals surface area contributed by atoms with Crippen molar-refractivity contribution in [2.45, 2.75) is 12.9 Å². The van der Waals surface area contributed by atoms with Crippen molar-refractivity contribution in [3.63, 3.8) is 0 Å². The monoisotopic (exact) mass is 388 g/mol. The number of benzene rings is 3. The van der Waals surface area contributed by atoms with Gasteiger partial charge >= 0.3 is 6.18 Å². The maximum absolute atomic E-state index is 12.8. The molecular formula is C21H16F4N2O. The number of amides is 1. The third-order valence-electron chi connectivity index (χ3n) is 3.98. The first-order valence-corrected chi connectivity index (χ1v) is 8.36. The second-order valence-electron chi connectivity index (χ2n) is 6.04. The molecule has 0 aromatic heterocycles. The van der Waals surface area contributed by atoms with E-state index < -0.39 is 24.3 Å². The van der Waals surface area contributed by atoms with E-state index in [-0.39, 0.29) is 11.3 Å². The number of hydrogen-bond acceptors (Lipinski definition) is 2. The Morgan fingerprint density at radius 3 is 2.32 bits per heavy atom. The zero-order valence-corrected chi connectivity index (χ0v) is 14.6. The van der Waals surface area contributed by atoms with Gasteiger partial charge < -0.3 is 10.6 Å². The molecule has 0 saturated carbocycles. The SMILES string of the molecule is O=C(Nc1cccc(C(F)(F)F)c1)c1ccccc1Nc1cccc(CF)c1. The average Bonchev–Trinajstić information content (AvgIpc) is 2.68. The summed E-state index contributed by atoms with van der Waals surface area (Å²) in [6, 6.07) is 17.6. The number of hydrogen-bond donors (Lipinski definition) is 2. The highest BCUT2D eigenvalue weighted by molar-refractivity contribution is 6.08. The maximum Gasteiger partial charge on any atom is 0.416 e. The van der Waals surface area contributed by atoms with E-state index in [9.17, 15) is 22.4 Å². The van der Waals surface area contributed by atoms with Crippen molar-refractivity contribution in [1.29, 1.82) is 0 Å². The normalized spacial score (nSPS) is 11.1. The van der Waals surface area contributed by atoms with Gasteiger partial charge in [-0.2, -0.15) is 13.2 Å². The fraction of sp³-hybridized carbons (Fsp3) is 0.0952. The fourth-order valence-electron chi connectivity index (χ4n) is 2.65. The molecule has 0 aliphatic rings. The van der Waals surface area contributed by atoms with Crippen LogP contribution in [0.25, 0.3) is 0 Å². The van der Waals surface area contributed by atoms with Gasteiger partial charge in [-0.3, -0.25) is 4.79 Å². The summed E-state index contributed by atoms with van der Waals surface area (Å²) in [6.45, 7) is -0.618. The quantitative estimate of drug-likeness (QED) is 0.513. The Balaban J connectivity index is 1.83. The van der Waals surface area contributed by atoms with Crippen LogP contribution in [0.4, 0.5) is 34.6 Å². The van der Waals surface area contributed by atoms with Crippen LogP contribution in [0.5, 0.6) is 0 Å². The summed E-state index contributed by atoms with van der Waals surface area (Å²) in [5.41, 5.74) is 0.952. The van der Waals surface area contributed by atoms with Crippen molar-refractivity contribution in [2.75, 3.05) is 10.6 Å². The lowest BCUT2D eigenvalue weighted by atomic mass is 10.1. The summed E-state index contributed by atoms with van der Waals surface area (Å²) in [6.07, 6.45) is -4.50. The Morgan fingerprint density at radius 1 is 0.857 bits per heavy atom. The van der Waals surface area contributed by atoms with E-state index in [0.717, 1.165) is 12.1 Å². The van der Waals surface area contributed by atoms with Crippen LogP contribution < -0.4 is 10.6 Å². The molecule has 0 bridgehead atoms. The second-order valence-corrected chi connectivity index (χ2v) is 6.04. The van der Waals surface area contributed by atoms with Crippen molar-refractivity contribution in [1.82, 2.24) is 0 Å². The van der Waals surface area contributed by atoms with Crippen LogP contribution in [0.15, 0.2) is 72.8 Å². The summed E-state index contributed by atoms with van der Waals surface area (Å²) in [5, 5.41) is 5.52. The molecule has 3 nitrogen and oxygen atoms in total. The molecule has 0 saturated heterocycles. The molecule has 0 atom stereocenters. The van der Waals surface area contributed by atoms with Crippen LogP contribution in [0, 0.1) is 0 Å². The highest BCUT2D eigenvalue weighted by Gasteiger charge is 2.30. The number of rotatable bonds is 5. The lowest BCUT2D eigenvalue weighted by Gasteiger charge is -2.14. The highest BCUT2D eigenvalue weighted by atomic mass is 19.4. The van der Waals surface area contributed by atoms with E-state index in [0.29, 0.717) is 16.9 Å². The minimum Gasteiger partial charge on any atom is -0.355 e. The third kappa shape index (κ3) is 4.68. The molecule has 3 aromatic carbocycles. The van der Waals surface area contributed by atoms with Gasteiger partial charge in [-0.25, -0.2) is 4.39 Å². The first-order chi connectivity index (χ1) is 13.4. The molecule has 7 heteroatoms. The predicted octanol–water partition coefficient (Wildman–Crippen LogP) is 6.17. The lowest BCUT2D eigenvalue weighted by molar-refractivity contribution is -0.137. The van der Waals surface area contributed by atoms with Gasteiger partial charge in [0.25, 0.3) is 5.91 Å². The molecule has 2 N–H and O–H groups in total. The predicted molar refractivity (Wildman–Crippen MR) is 100 cm³/mol. The molecule has 1 amide bonds. The minimum atomic E-state index is -4.50. The number of carbonyl (C=O) groups excluding carboxylic acids is 1.